The van der Waals surface area contributed by atoms with E-state index in [2.05, 4.69) is 30.2 Å². The molecule has 10 atom stereocenters. The Kier molecular flexibility index (Phi) is 8.70. The molecule has 5 aliphatic rings. The smallest absolute Gasteiger partial charge is 0.332 e. The summed E-state index contributed by atoms with van der Waals surface area (Å²) in [5.41, 5.74) is 0.663. The average molecular weight is 521 g/mol. The van der Waals surface area contributed by atoms with Gasteiger partial charge in [-0.05, 0) is 111 Å². The van der Waals surface area contributed by atoms with Crippen LogP contribution in [0.5, 0.6) is 0 Å². The van der Waals surface area contributed by atoms with Gasteiger partial charge in [-0.3, -0.25) is 4.79 Å². The molecule has 5 saturated carbocycles. The maximum atomic E-state index is 12.3. The van der Waals surface area contributed by atoms with Crippen molar-refractivity contribution in [3.05, 3.63) is 0 Å². The van der Waals surface area contributed by atoms with Gasteiger partial charge < -0.3 is 19.7 Å². The van der Waals surface area contributed by atoms with Crippen LogP contribution < -0.4 is 0 Å². The third-order valence-corrected chi connectivity index (χ3v) is 12.1. The van der Waals surface area contributed by atoms with Crippen LogP contribution in [0.15, 0.2) is 0 Å². The van der Waals surface area contributed by atoms with Crippen LogP contribution in [0.1, 0.15) is 105 Å². The SMILES string of the molecule is CC1CCCC2(C)C1CCC1(C)C3CCC4(C(=O)O)CCCC4C3CCC21.COCC(=O)OCC(C)O. The molecule has 37 heavy (non-hydrogen) atoms. The molecule has 5 aliphatic carbocycles. The monoisotopic (exact) mass is 520 g/mol. The van der Waals surface area contributed by atoms with Gasteiger partial charge in [-0.15, -0.1) is 0 Å². The third-order valence-electron chi connectivity index (χ3n) is 12.1. The van der Waals surface area contributed by atoms with Crippen LogP contribution in [0.3, 0.4) is 0 Å². The lowest BCUT2D eigenvalue weighted by molar-refractivity contribution is -0.190. The molecule has 0 aromatic rings. The fourth-order valence-corrected chi connectivity index (χ4v) is 10.7. The third kappa shape index (κ3) is 5.11. The molecule has 0 aliphatic heterocycles. The summed E-state index contributed by atoms with van der Waals surface area (Å²) >= 11 is 0. The Morgan fingerprint density at radius 2 is 1.57 bits per heavy atom. The van der Waals surface area contributed by atoms with E-state index in [-0.39, 0.29) is 18.6 Å². The second-order valence-corrected chi connectivity index (χ2v) is 13.9. The summed E-state index contributed by atoms with van der Waals surface area (Å²) in [5.74, 6) is 3.77. The molecule has 10 unspecified atom stereocenters. The van der Waals surface area contributed by atoms with Gasteiger partial charge in [0.05, 0.1) is 11.5 Å². The number of hydrogen-bond donors (Lipinski definition) is 2. The zero-order chi connectivity index (χ0) is 27.0. The van der Waals surface area contributed by atoms with Gasteiger partial charge in [0.1, 0.15) is 13.2 Å². The molecular formula is C31H52O6. The Hall–Kier alpha value is -1.14. The summed E-state index contributed by atoms with van der Waals surface area (Å²) in [4.78, 5) is 22.8. The first kappa shape index (κ1) is 28.9. The van der Waals surface area contributed by atoms with Gasteiger partial charge in [-0.25, -0.2) is 4.79 Å². The molecule has 6 heteroatoms. The van der Waals surface area contributed by atoms with Crippen molar-refractivity contribution in [1.82, 2.24) is 0 Å². The van der Waals surface area contributed by atoms with Crippen molar-refractivity contribution in [2.24, 2.45) is 51.8 Å². The molecule has 0 saturated heterocycles. The minimum Gasteiger partial charge on any atom is -0.481 e. The lowest BCUT2D eigenvalue weighted by Gasteiger charge is -2.67. The van der Waals surface area contributed by atoms with E-state index in [1.807, 2.05) is 0 Å². The van der Waals surface area contributed by atoms with Crippen LogP contribution in [-0.4, -0.2) is 48.6 Å². The molecule has 212 valence electrons. The zero-order valence-corrected chi connectivity index (χ0v) is 24.0. The van der Waals surface area contributed by atoms with Gasteiger partial charge in [0.2, 0.25) is 0 Å². The molecule has 0 heterocycles. The number of carbonyl (C=O) groups is 2. The van der Waals surface area contributed by atoms with E-state index in [4.69, 9.17) is 5.11 Å². The zero-order valence-electron chi connectivity index (χ0n) is 24.0. The summed E-state index contributed by atoms with van der Waals surface area (Å²) in [6.45, 7) is 9.35. The highest BCUT2D eigenvalue weighted by Crippen LogP contribution is 2.71. The molecule has 5 fully saturated rings. The Morgan fingerprint density at radius 1 is 0.892 bits per heavy atom. The normalized spacial score (nSPS) is 45.1. The molecule has 0 spiro atoms. The molecule has 0 aromatic heterocycles. The number of esters is 1. The van der Waals surface area contributed by atoms with E-state index in [1.54, 1.807) is 6.92 Å². The summed E-state index contributed by atoms with van der Waals surface area (Å²) in [5, 5.41) is 18.8. The fourth-order valence-electron chi connectivity index (χ4n) is 10.7. The van der Waals surface area contributed by atoms with Crippen molar-refractivity contribution in [2.45, 2.75) is 111 Å². The summed E-state index contributed by atoms with van der Waals surface area (Å²) in [7, 11) is 1.41. The Morgan fingerprint density at radius 3 is 2.24 bits per heavy atom. The number of hydrogen-bond acceptors (Lipinski definition) is 5. The highest BCUT2D eigenvalue weighted by Gasteiger charge is 2.65. The Labute approximate surface area is 224 Å². The number of aliphatic hydroxyl groups is 1. The van der Waals surface area contributed by atoms with Crippen molar-refractivity contribution in [3.63, 3.8) is 0 Å². The van der Waals surface area contributed by atoms with Crippen LogP contribution in [-0.2, 0) is 19.1 Å². The Balaban J connectivity index is 0.000000275. The molecular weight excluding hydrogens is 468 g/mol. The molecule has 0 bridgehead atoms. The van der Waals surface area contributed by atoms with Crippen LogP contribution >= 0.6 is 0 Å². The number of ether oxygens (including phenoxy) is 2. The molecule has 5 rings (SSSR count). The van der Waals surface area contributed by atoms with Crippen LogP contribution in [0, 0.1) is 51.8 Å². The highest BCUT2D eigenvalue weighted by molar-refractivity contribution is 5.75. The lowest BCUT2D eigenvalue weighted by atomic mass is 9.38. The number of fused-ring (bicyclic) bond motifs is 7. The van der Waals surface area contributed by atoms with E-state index in [1.165, 1.54) is 64.9 Å². The largest absolute Gasteiger partial charge is 0.481 e. The topological polar surface area (TPSA) is 93.1 Å². The summed E-state index contributed by atoms with van der Waals surface area (Å²) in [6.07, 6.45) is 14.7. The van der Waals surface area contributed by atoms with Crippen molar-refractivity contribution >= 4 is 11.9 Å². The van der Waals surface area contributed by atoms with Crippen LogP contribution in [0.2, 0.25) is 0 Å². The number of aliphatic carboxylic acids is 1. The Bertz CT molecular complexity index is 827. The van der Waals surface area contributed by atoms with E-state index < -0.39 is 18.0 Å². The standard InChI is InChI=1S/C25H40O2.C6H12O4/c1-16-6-4-12-23(2)18(16)10-14-24(3)19-11-15-25(22(26)27)13-5-7-20(25)17(19)8-9-21(23)24;1-5(7)3-10-6(8)4-9-2/h16-21H,4-15H2,1-3H3,(H,26,27);5,7H,3-4H2,1-2H3. The van der Waals surface area contributed by atoms with E-state index in [0.29, 0.717) is 22.7 Å². The molecule has 6 nitrogen and oxygen atoms in total. The maximum absolute atomic E-state index is 12.3. The maximum Gasteiger partial charge on any atom is 0.332 e. The quantitative estimate of drug-likeness (QED) is 0.426. The molecule has 0 radical (unpaired) electrons. The van der Waals surface area contributed by atoms with Gasteiger partial charge in [0.25, 0.3) is 0 Å². The lowest BCUT2D eigenvalue weighted by Crippen LogP contribution is -2.60. The second kappa shape index (κ2) is 11.2. The number of methoxy groups -OCH3 is 1. The fraction of sp³-hybridized carbons (Fsp3) is 0.935. The number of carbonyl (C=O) groups excluding carboxylic acids is 1. The number of rotatable bonds is 5. The first-order chi connectivity index (χ1) is 17.5. The van der Waals surface area contributed by atoms with Crippen molar-refractivity contribution in [3.8, 4) is 0 Å². The number of carboxylic acids is 1. The summed E-state index contributed by atoms with van der Waals surface area (Å²) < 4.78 is 9.01. The van der Waals surface area contributed by atoms with Crippen LogP contribution in [0.25, 0.3) is 0 Å². The second-order valence-electron chi connectivity index (χ2n) is 13.9. The van der Waals surface area contributed by atoms with Crippen molar-refractivity contribution in [1.29, 1.82) is 0 Å². The predicted octanol–water partition coefficient (Wildman–Crippen LogP) is 6.09. The first-order valence-corrected chi connectivity index (χ1v) is 15.1. The van der Waals surface area contributed by atoms with Gasteiger partial charge in [0, 0.05) is 7.11 Å². The first-order valence-electron chi connectivity index (χ1n) is 15.1. The van der Waals surface area contributed by atoms with E-state index in [0.717, 1.165) is 42.9 Å². The number of aliphatic hydroxyl groups excluding tert-OH is 1. The van der Waals surface area contributed by atoms with Gasteiger partial charge in [-0.1, -0.05) is 40.0 Å². The predicted molar refractivity (Wildman–Crippen MR) is 143 cm³/mol. The van der Waals surface area contributed by atoms with Gasteiger partial charge in [0.15, 0.2) is 0 Å². The van der Waals surface area contributed by atoms with E-state index >= 15 is 0 Å². The average Bonchev–Trinajstić information content (AvgIpc) is 3.29. The van der Waals surface area contributed by atoms with Gasteiger partial charge in [-0.2, -0.15) is 0 Å². The summed E-state index contributed by atoms with van der Waals surface area (Å²) in [6, 6.07) is 0. The van der Waals surface area contributed by atoms with Gasteiger partial charge >= 0.3 is 11.9 Å². The molecule has 0 aromatic carbocycles. The van der Waals surface area contributed by atoms with Crippen LogP contribution in [0.4, 0.5) is 0 Å². The van der Waals surface area contributed by atoms with E-state index in [9.17, 15) is 14.7 Å². The van der Waals surface area contributed by atoms with Crippen molar-refractivity contribution in [2.75, 3.05) is 20.3 Å². The van der Waals surface area contributed by atoms with Crippen molar-refractivity contribution < 1.29 is 29.3 Å². The number of carboxylic acid groups (broad SMARTS) is 1. The highest BCUT2D eigenvalue weighted by atomic mass is 16.6. The minimum atomic E-state index is -0.610. The minimum absolute atomic E-state index is 0.0300. The molecule has 0 amide bonds. The molecule has 2 N–H and O–H groups in total.